The number of urea groups is 2. The van der Waals surface area contributed by atoms with Crippen LogP contribution in [-0.4, -0.2) is 34.3 Å². The number of nitrogens with zero attached hydrogens (tertiary/aromatic N) is 3. The Morgan fingerprint density at radius 3 is 2.48 bits per heavy atom. The number of hydrogen-bond acceptors (Lipinski definition) is 8. The van der Waals surface area contributed by atoms with E-state index < -0.39 is 29.0 Å². The average Bonchev–Trinajstić information content (AvgIpc) is 2.86. The van der Waals surface area contributed by atoms with E-state index in [1.165, 1.54) is 24.3 Å². The normalized spacial score (nSPS) is 19.5. The molecule has 7 N–H and O–H groups in total. The maximum absolute atomic E-state index is 10.9. The Labute approximate surface area is 139 Å². The monoisotopic (exact) mass is 348 g/mol. The van der Waals surface area contributed by atoms with Crippen molar-refractivity contribution in [2.24, 2.45) is 21.7 Å². The van der Waals surface area contributed by atoms with Crippen molar-refractivity contribution in [3.05, 3.63) is 39.9 Å². The minimum Gasteiger partial charge on any atom is -0.461 e. The molecule has 0 bridgehead atoms. The van der Waals surface area contributed by atoms with Crippen molar-refractivity contribution in [1.29, 1.82) is 5.41 Å². The molecule has 0 saturated carbocycles. The minimum atomic E-state index is -1.09. The van der Waals surface area contributed by atoms with Gasteiger partial charge in [-0.25, -0.2) is 20.4 Å². The van der Waals surface area contributed by atoms with Crippen LogP contribution < -0.4 is 22.3 Å². The first-order valence-electron chi connectivity index (χ1n) is 6.56. The summed E-state index contributed by atoms with van der Waals surface area (Å²) in [4.78, 5) is 32.0. The van der Waals surface area contributed by atoms with Gasteiger partial charge in [0.15, 0.2) is 11.8 Å². The Morgan fingerprint density at radius 2 is 1.88 bits per heavy atom. The third-order valence-electron chi connectivity index (χ3n) is 2.89. The number of primary amides is 2. The zero-order valence-electron chi connectivity index (χ0n) is 12.4. The number of nitro groups is 1. The summed E-state index contributed by atoms with van der Waals surface area (Å²) in [6.45, 7) is 0. The van der Waals surface area contributed by atoms with Gasteiger partial charge in [0.2, 0.25) is 5.90 Å². The van der Waals surface area contributed by atoms with Gasteiger partial charge >= 0.3 is 12.1 Å². The van der Waals surface area contributed by atoms with Gasteiger partial charge in [0.25, 0.3) is 5.69 Å². The molecule has 1 aliphatic heterocycles. The lowest BCUT2D eigenvalue weighted by Crippen LogP contribution is -2.31. The van der Waals surface area contributed by atoms with Crippen LogP contribution in [0.5, 0.6) is 0 Å². The van der Waals surface area contributed by atoms with E-state index in [1.54, 1.807) is 0 Å². The number of amides is 4. The lowest BCUT2D eigenvalue weighted by Gasteiger charge is -2.10. The van der Waals surface area contributed by atoms with Crippen molar-refractivity contribution < 1.29 is 19.2 Å². The summed E-state index contributed by atoms with van der Waals surface area (Å²) in [6.07, 6.45) is -1.09. The molecule has 0 radical (unpaired) electrons. The largest absolute Gasteiger partial charge is 0.461 e. The number of hydrazone groups is 2. The fraction of sp³-hybridized carbons (Fsp3) is 0.0833. The predicted octanol–water partition coefficient (Wildman–Crippen LogP) is -0.308. The number of hydrogen-bond donors (Lipinski definition) is 5. The van der Waals surface area contributed by atoms with Crippen LogP contribution in [0.3, 0.4) is 0 Å². The first kappa shape index (κ1) is 17.3. The molecule has 1 aromatic carbocycles. The molecule has 1 aliphatic rings. The van der Waals surface area contributed by atoms with E-state index in [2.05, 4.69) is 10.2 Å². The maximum atomic E-state index is 10.9. The predicted molar refractivity (Wildman–Crippen MR) is 85.0 cm³/mol. The molecule has 1 fully saturated rings. The van der Waals surface area contributed by atoms with E-state index >= 15 is 0 Å². The number of nitro benzene ring substituents is 1. The van der Waals surface area contributed by atoms with Crippen molar-refractivity contribution in [2.45, 2.75) is 6.10 Å². The first-order chi connectivity index (χ1) is 11.8. The molecule has 0 aliphatic carbocycles. The number of nitrogens with two attached hydrogens (primary N) is 2. The van der Waals surface area contributed by atoms with Gasteiger partial charge in [0.1, 0.15) is 5.71 Å². The van der Waals surface area contributed by atoms with Crippen molar-refractivity contribution in [3.63, 3.8) is 0 Å². The highest BCUT2D eigenvalue weighted by molar-refractivity contribution is 6.69. The third-order valence-corrected chi connectivity index (χ3v) is 2.89. The molecule has 13 heteroatoms. The molecule has 0 unspecified atom stereocenters. The van der Waals surface area contributed by atoms with Gasteiger partial charge in [-0.3, -0.25) is 15.5 Å². The van der Waals surface area contributed by atoms with Crippen LogP contribution in [0.2, 0.25) is 0 Å². The summed E-state index contributed by atoms with van der Waals surface area (Å²) in [5, 5.41) is 26.0. The fourth-order valence-electron chi connectivity index (χ4n) is 1.94. The number of non-ortho nitro benzene ring substituents is 1. The summed E-state index contributed by atoms with van der Waals surface area (Å²) < 4.78 is 5.29. The van der Waals surface area contributed by atoms with Gasteiger partial charge in [0.05, 0.1) is 4.92 Å². The Morgan fingerprint density at radius 1 is 1.24 bits per heavy atom. The van der Waals surface area contributed by atoms with E-state index in [4.69, 9.17) is 21.6 Å². The molecule has 2 rings (SSSR count). The lowest BCUT2D eigenvalue weighted by atomic mass is 10.0. The molecule has 0 spiro atoms. The molecule has 13 nitrogen and oxygen atoms in total. The zero-order valence-corrected chi connectivity index (χ0v) is 12.4. The molecule has 4 amide bonds. The maximum Gasteiger partial charge on any atom is 0.332 e. The zero-order chi connectivity index (χ0) is 18.6. The number of nitrogens with one attached hydrogen (secondary N) is 3. The van der Waals surface area contributed by atoms with Gasteiger partial charge in [-0.05, 0) is 0 Å². The van der Waals surface area contributed by atoms with Crippen molar-refractivity contribution >= 4 is 35.1 Å². The summed E-state index contributed by atoms with van der Waals surface area (Å²) >= 11 is 0. The Hall–Kier alpha value is -4.03. The summed E-state index contributed by atoms with van der Waals surface area (Å²) in [5.74, 6) is -0.490. The van der Waals surface area contributed by atoms with Gasteiger partial charge < -0.3 is 16.2 Å². The van der Waals surface area contributed by atoms with Crippen molar-refractivity contribution in [3.8, 4) is 0 Å². The van der Waals surface area contributed by atoms with Gasteiger partial charge in [0, 0.05) is 17.7 Å². The second-order valence-electron chi connectivity index (χ2n) is 4.59. The Bertz CT molecular complexity index is 817. The lowest BCUT2D eigenvalue weighted by molar-refractivity contribution is -0.384. The highest BCUT2D eigenvalue weighted by Gasteiger charge is 2.38. The van der Waals surface area contributed by atoms with Crippen LogP contribution in [0.25, 0.3) is 0 Å². The summed E-state index contributed by atoms with van der Waals surface area (Å²) in [5.41, 5.74) is 13.5. The standard InChI is InChI=1S/C12H12N8O5/c13-10-8(17-19-12(15)22)7(16-18-11(14)21)9(25-10)5-2-1-3-6(4-5)20(23)24/h1-4,9,13H,(H3,14,18,21)(H3,15,19,22)/b13-10?,16-7+,17-8+/t9-/m1/s1. The highest BCUT2D eigenvalue weighted by atomic mass is 16.6. The molecule has 1 saturated heterocycles. The second-order valence-corrected chi connectivity index (χ2v) is 4.59. The van der Waals surface area contributed by atoms with Gasteiger partial charge in [-0.1, -0.05) is 12.1 Å². The summed E-state index contributed by atoms with van der Waals surface area (Å²) in [6, 6.07) is 3.40. The van der Waals surface area contributed by atoms with E-state index in [9.17, 15) is 19.7 Å². The molecular weight excluding hydrogens is 336 g/mol. The van der Waals surface area contributed by atoms with Crippen molar-refractivity contribution in [2.75, 3.05) is 0 Å². The fourth-order valence-corrected chi connectivity index (χ4v) is 1.94. The molecule has 0 aromatic heterocycles. The quantitative estimate of drug-likeness (QED) is 0.365. The minimum absolute atomic E-state index is 0.0990. The topological polar surface area (TPSA) is 211 Å². The van der Waals surface area contributed by atoms with Gasteiger partial charge in [-0.15, -0.1) is 0 Å². The van der Waals surface area contributed by atoms with E-state index in [-0.39, 0.29) is 22.7 Å². The number of carbonyl (C=O) groups excluding carboxylic acids is 2. The van der Waals surface area contributed by atoms with E-state index in [0.29, 0.717) is 0 Å². The van der Waals surface area contributed by atoms with E-state index in [0.717, 1.165) is 0 Å². The van der Waals surface area contributed by atoms with Crippen molar-refractivity contribution in [1.82, 2.24) is 10.9 Å². The number of carbonyl (C=O) groups is 2. The number of rotatable bonds is 4. The molecule has 1 heterocycles. The number of benzene rings is 1. The average molecular weight is 348 g/mol. The van der Waals surface area contributed by atoms with Crippen LogP contribution in [0.1, 0.15) is 11.7 Å². The Balaban J connectivity index is 2.47. The highest BCUT2D eigenvalue weighted by Crippen LogP contribution is 2.28. The number of ether oxygens (including phenoxy) is 1. The SMILES string of the molecule is N=C1O[C@H](c2cccc([N+](=O)[O-])c2)C(=N/NC(N)=O)/C1=N\NC(N)=O. The molecular formula is C12H12N8O5. The van der Waals surface area contributed by atoms with E-state index in [1.807, 2.05) is 10.9 Å². The summed E-state index contributed by atoms with van der Waals surface area (Å²) in [7, 11) is 0. The van der Waals surface area contributed by atoms with Crippen LogP contribution in [0, 0.1) is 15.5 Å². The smallest absolute Gasteiger partial charge is 0.332 e. The first-order valence-corrected chi connectivity index (χ1v) is 6.56. The van der Waals surface area contributed by atoms with Crippen LogP contribution in [0.4, 0.5) is 15.3 Å². The Kier molecular flexibility index (Phi) is 4.87. The third kappa shape index (κ3) is 4.04. The molecule has 130 valence electrons. The molecule has 25 heavy (non-hydrogen) atoms. The second kappa shape index (κ2) is 7.03. The van der Waals surface area contributed by atoms with Gasteiger partial charge in [-0.2, -0.15) is 10.2 Å². The molecule has 1 atom stereocenters. The molecule has 1 aromatic rings. The van der Waals surface area contributed by atoms with Crippen LogP contribution in [0.15, 0.2) is 34.5 Å². The van der Waals surface area contributed by atoms with Crippen LogP contribution >= 0.6 is 0 Å². The van der Waals surface area contributed by atoms with Crippen LogP contribution in [-0.2, 0) is 4.74 Å².